The van der Waals surface area contributed by atoms with Crippen LogP contribution in [-0.4, -0.2) is 38.9 Å². The van der Waals surface area contributed by atoms with Crippen molar-refractivity contribution in [3.05, 3.63) is 15.4 Å². The van der Waals surface area contributed by atoms with E-state index < -0.39 is 16.0 Å². The van der Waals surface area contributed by atoms with Crippen LogP contribution in [0.5, 0.6) is 0 Å². The first kappa shape index (κ1) is 15.6. The molecular formula is C10H14BrNO4S2. The van der Waals surface area contributed by atoms with Gasteiger partial charge in [0.25, 0.3) is 10.0 Å². The van der Waals surface area contributed by atoms with Crippen LogP contribution in [0.4, 0.5) is 0 Å². The number of carbonyl (C=O) groups excluding carboxylic acids is 1. The molecule has 0 bridgehead atoms. The molecule has 5 nitrogen and oxygen atoms in total. The predicted molar refractivity (Wildman–Crippen MR) is 73.2 cm³/mol. The molecule has 1 aromatic heterocycles. The van der Waals surface area contributed by atoms with Crippen LogP contribution >= 0.6 is 27.3 Å². The summed E-state index contributed by atoms with van der Waals surface area (Å²) in [7, 11) is -2.28. The first-order valence-corrected chi connectivity index (χ1v) is 8.22. The Hall–Kier alpha value is -0.440. The van der Waals surface area contributed by atoms with Crippen LogP contribution in [0, 0.1) is 6.92 Å². The van der Waals surface area contributed by atoms with Crippen LogP contribution in [0.3, 0.4) is 0 Å². The van der Waals surface area contributed by atoms with Gasteiger partial charge in [-0.3, -0.25) is 4.79 Å². The zero-order valence-electron chi connectivity index (χ0n) is 10.3. The molecule has 0 aliphatic heterocycles. The molecule has 1 aromatic rings. The second kappa shape index (κ2) is 6.14. The third kappa shape index (κ3) is 3.53. The predicted octanol–water partition coefficient (Wildman–Crippen LogP) is 2.00. The summed E-state index contributed by atoms with van der Waals surface area (Å²) in [5.74, 6) is -0.559. The molecule has 0 saturated carbocycles. The van der Waals surface area contributed by atoms with Crippen molar-refractivity contribution in [1.82, 2.24) is 4.31 Å². The molecule has 8 heteroatoms. The SMILES string of the molecule is CCOC(=O)CN(C)S(=O)(=O)c1cc(C)c(Br)s1. The number of hydrogen-bond acceptors (Lipinski definition) is 5. The molecular weight excluding hydrogens is 342 g/mol. The van der Waals surface area contributed by atoms with Gasteiger partial charge in [-0.25, -0.2) is 8.42 Å². The Bertz CT molecular complexity index is 519. The van der Waals surface area contributed by atoms with Crippen molar-refractivity contribution in [1.29, 1.82) is 0 Å². The zero-order valence-corrected chi connectivity index (χ0v) is 13.5. The highest BCUT2D eigenvalue weighted by molar-refractivity contribution is 9.11. The standard InChI is InChI=1S/C10H14BrNO4S2/c1-4-16-8(13)6-12(3)18(14,15)9-5-7(2)10(11)17-9/h5H,4,6H2,1-3H3. The van der Waals surface area contributed by atoms with Crippen LogP contribution in [-0.2, 0) is 19.6 Å². The second-order valence-electron chi connectivity index (χ2n) is 3.59. The van der Waals surface area contributed by atoms with Crippen molar-refractivity contribution in [3.63, 3.8) is 0 Å². The van der Waals surface area contributed by atoms with Crippen LogP contribution < -0.4 is 0 Å². The molecule has 0 radical (unpaired) electrons. The third-order valence-corrected chi connectivity index (χ3v) is 6.55. The summed E-state index contributed by atoms with van der Waals surface area (Å²) in [4.78, 5) is 11.3. The maximum absolute atomic E-state index is 12.1. The number of nitrogens with zero attached hydrogens (tertiary/aromatic N) is 1. The number of likely N-dealkylation sites (N-methyl/N-ethyl adjacent to an activating group) is 1. The number of aryl methyl sites for hydroxylation is 1. The summed E-state index contributed by atoms with van der Waals surface area (Å²) < 4.78 is 31.0. The van der Waals surface area contributed by atoms with Gasteiger partial charge in [0.2, 0.25) is 0 Å². The van der Waals surface area contributed by atoms with Crippen LogP contribution in [0.2, 0.25) is 0 Å². The summed E-state index contributed by atoms with van der Waals surface area (Å²) >= 11 is 4.40. The molecule has 1 heterocycles. The quantitative estimate of drug-likeness (QED) is 0.757. The first-order chi connectivity index (χ1) is 8.28. The summed E-state index contributed by atoms with van der Waals surface area (Å²) in [6.07, 6.45) is 0. The van der Waals surface area contributed by atoms with Crippen molar-refractivity contribution in [2.75, 3.05) is 20.2 Å². The third-order valence-electron chi connectivity index (χ3n) is 2.16. The van der Waals surface area contributed by atoms with Gasteiger partial charge in [0.15, 0.2) is 0 Å². The average molecular weight is 356 g/mol. The maximum atomic E-state index is 12.1. The highest BCUT2D eigenvalue weighted by atomic mass is 79.9. The Kier molecular flexibility index (Phi) is 5.32. The number of rotatable bonds is 5. The van der Waals surface area contributed by atoms with E-state index in [0.717, 1.165) is 25.0 Å². The topological polar surface area (TPSA) is 63.7 Å². The minimum absolute atomic E-state index is 0.207. The Morgan fingerprint density at radius 1 is 1.56 bits per heavy atom. The maximum Gasteiger partial charge on any atom is 0.321 e. The molecule has 0 atom stereocenters. The Labute approximate surface area is 119 Å². The fourth-order valence-corrected chi connectivity index (χ4v) is 4.74. The number of sulfonamides is 1. The van der Waals surface area contributed by atoms with E-state index >= 15 is 0 Å². The minimum atomic E-state index is -3.63. The molecule has 0 aliphatic carbocycles. The van der Waals surface area contributed by atoms with Crippen molar-refractivity contribution in [2.45, 2.75) is 18.1 Å². The van der Waals surface area contributed by atoms with Gasteiger partial charge in [-0.05, 0) is 41.4 Å². The number of ether oxygens (including phenoxy) is 1. The lowest BCUT2D eigenvalue weighted by Gasteiger charge is -2.14. The molecule has 0 N–H and O–H groups in total. The lowest BCUT2D eigenvalue weighted by molar-refractivity contribution is -0.143. The van der Waals surface area contributed by atoms with Gasteiger partial charge in [-0.15, -0.1) is 11.3 Å². The molecule has 0 amide bonds. The molecule has 0 saturated heterocycles. The summed E-state index contributed by atoms with van der Waals surface area (Å²) in [6, 6.07) is 1.58. The minimum Gasteiger partial charge on any atom is -0.465 e. The van der Waals surface area contributed by atoms with E-state index in [4.69, 9.17) is 4.74 Å². The zero-order chi connectivity index (χ0) is 13.9. The monoisotopic (exact) mass is 355 g/mol. The van der Waals surface area contributed by atoms with Gasteiger partial charge >= 0.3 is 5.97 Å². The van der Waals surface area contributed by atoms with Gasteiger partial charge in [0, 0.05) is 7.05 Å². The largest absolute Gasteiger partial charge is 0.465 e. The average Bonchev–Trinajstić information content (AvgIpc) is 2.60. The van der Waals surface area contributed by atoms with Crippen LogP contribution in [0.1, 0.15) is 12.5 Å². The van der Waals surface area contributed by atoms with Gasteiger partial charge in [-0.1, -0.05) is 0 Å². The first-order valence-electron chi connectivity index (χ1n) is 5.17. The molecule has 0 spiro atoms. The normalized spacial score (nSPS) is 11.8. The number of thiophene rings is 1. The molecule has 0 unspecified atom stereocenters. The number of hydrogen-bond donors (Lipinski definition) is 0. The van der Waals surface area contributed by atoms with Crippen molar-refractivity contribution in [3.8, 4) is 0 Å². The Morgan fingerprint density at radius 3 is 2.61 bits per heavy atom. The highest BCUT2D eigenvalue weighted by Crippen LogP contribution is 2.31. The van der Waals surface area contributed by atoms with E-state index in [-0.39, 0.29) is 17.4 Å². The Balaban J connectivity index is 2.89. The lowest BCUT2D eigenvalue weighted by Crippen LogP contribution is -2.32. The highest BCUT2D eigenvalue weighted by Gasteiger charge is 2.25. The van der Waals surface area contributed by atoms with Gasteiger partial charge in [0.05, 0.1) is 10.4 Å². The van der Waals surface area contributed by atoms with E-state index in [0.29, 0.717) is 0 Å². The molecule has 1 rings (SSSR count). The van der Waals surface area contributed by atoms with Crippen LogP contribution in [0.25, 0.3) is 0 Å². The van der Waals surface area contributed by atoms with E-state index in [1.54, 1.807) is 13.0 Å². The van der Waals surface area contributed by atoms with E-state index in [1.807, 2.05) is 6.92 Å². The molecule has 0 fully saturated rings. The number of carbonyl (C=O) groups is 1. The van der Waals surface area contributed by atoms with Gasteiger partial charge in [0.1, 0.15) is 10.8 Å². The van der Waals surface area contributed by atoms with Crippen molar-refractivity contribution < 1.29 is 17.9 Å². The van der Waals surface area contributed by atoms with E-state index in [9.17, 15) is 13.2 Å². The van der Waals surface area contributed by atoms with Crippen molar-refractivity contribution >= 4 is 43.3 Å². The van der Waals surface area contributed by atoms with E-state index in [1.165, 1.54) is 7.05 Å². The van der Waals surface area contributed by atoms with Crippen molar-refractivity contribution in [2.24, 2.45) is 0 Å². The van der Waals surface area contributed by atoms with Crippen LogP contribution in [0.15, 0.2) is 14.1 Å². The van der Waals surface area contributed by atoms with Gasteiger partial charge < -0.3 is 4.74 Å². The second-order valence-corrected chi connectivity index (χ2v) is 8.23. The smallest absolute Gasteiger partial charge is 0.321 e. The fraction of sp³-hybridized carbons (Fsp3) is 0.500. The molecule has 0 aromatic carbocycles. The molecule has 102 valence electrons. The summed E-state index contributed by atoms with van der Waals surface area (Å²) in [5, 5.41) is 0. The number of esters is 1. The summed E-state index contributed by atoms with van der Waals surface area (Å²) in [5.41, 5.74) is 0.850. The summed E-state index contributed by atoms with van der Waals surface area (Å²) in [6.45, 7) is 3.43. The van der Waals surface area contributed by atoms with E-state index in [2.05, 4.69) is 15.9 Å². The number of halogens is 1. The molecule has 0 aliphatic rings. The fourth-order valence-electron chi connectivity index (χ4n) is 1.19. The molecule has 18 heavy (non-hydrogen) atoms. The Morgan fingerprint density at radius 2 is 2.17 bits per heavy atom. The lowest BCUT2D eigenvalue weighted by atomic mass is 10.4. The van der Waals surface area contributed by atoms with Gasteiger partial charge in [-0.2, -0.15) is 4.31 Å².